The van der Waals surface area contributed by atoms with Crippen molar-refractivity contribution in [2.45, 2.75) is 58.7 Å². The van der Waals surface area contributed by atoms with Crippen LogP contribution in [0.5, 0.6) is 0 Å². The maximum atomic E-state index is 13.1. The van der Waals surface area contributed by atoms with Crippen molar-refractivity contribution in [3.05, 3.63) is 35.4 Å². The Kier molecular flexibility index (Phi) is 6.28. The van der Waals surface area contributed by atoms with Crippen LogP contribution >= 0.6 is 0 Å². The highest BCUT2D eigenvalue weighted by Crippen LogP contribution is 2.23. The molecular formula is C22H33N3O3. The van der Waals surface area contributed by atoms with Gasteiger partial charge in [-0.05, 0) is 51.7 Å². The van der Waals surface area contributed by atoms with E-state index in [-0.39, 0.29) is 18.0 Å². The van der Waals surface area contributed by atoms with Gasteiger partial charge in [0, 0.05) is 39.3 Å². The van der Waals surface area contributed by atoms with Gasteiger partial charge in [0.1, 0.15) is 11.6 Å². The van der Waals surface area contributed by atoms with Crippen molar-refractivity contribution >= 4 is 12.0 Å². The summed E-state index contributed by atoms with van der Waals surface area (Å²) in [5.74, 6) is 0.0684. The molecule has 2 heterocycles. The van der Waals surface area contributed by atoms with E-state index in [1.165, 1.54) is 11.1 Å². The van der Waals surface area contributed by atoms with E-state index in [0.29, 0.717) is 19.6 Å². The molecule has 2 aliphatic rings. The molecule has 154 valence electrons. The number of carbonyl (C=O) groups is 2. The van der Waals surface area contributed by atoms with Gasteiger partial charge >= 0.3 is 6.09 Å². The van der Waals surface area contributed by atoms with E-state index in [0.717, 1.165) is 32.5 Å². The fourth-order valence-electron chi connectivity index (χ4n) is 3.93. The highest BCUT2D eigenvalue weighted by molar-refractivity contribution is 5.86. The first kappa shape index (κ1) is 20.6. The molecule has 0 spiro atoms. The van der Waals surface area contributed by atoms with Crippen LogP contribution in [-0.4, -0.2) is 71.1 Å². The minimum atomic E-state index is -0.547. The summed E-state index contributed by atoms with van der Waals surface area (Å²) in [6.07, 6.45) is 1.20. The molecule has 2 amide bonds. The third kappa shape index (κ3) is 5.04. The predicted octanol–water partition coefficient (Wildman–Crippen LogP) is 3.04. The summed E-state index contributed by atoms with van der Waals surface area (Å²) in [5.41, 5.74) is 2.10. The second-order valence-electron chi connectivity index (χ2n) is 8.86. The molecule has 0 aliphatic carbocycles. The molecule has 3 rings (SSSR count). The summed E-state index contributed by atoms with van der Waals surface area (Å²) in [6.45, 7) is 12.4. The van der Waals surface area contributed by atoms with Gasteiger partial charge in [-0.3, -0.25) is 14.6 Å². The second kappa shape index (κ2) is 8.52. The summed E-state index contributed by atoms with van der Waals surface area (Å²) in [7, 11) is 0. The average Bonchev–Trinajstić information content (AvgIpc) is 3.12. The van der Waals surface area contributed by atoms with Gasteiger partial charge in [0.25, 0.3) is 0 Å². The number of piperazine rings is 1. The lowest BCUT2D eigenvalue weighted by atomic mass is 10.1. The van der Waals surface area contributed by atoms with E-state index in [4.69, 9.17) is 4.74 Å². The standard InChI is InChI=1S/C22H33N3O3/c1-17-8-5-6-9-18(17)16-23-12-14-24(15-13-23)20(26)19-10-7-11-25(19)21(27)28-22(2,3)4/h5-6,8-9,19H,7,10-16H2,1-4H3/t19-/m0/s1. The monoisotopic (exact) mass is 387 g/mol. The highest BCUT2D eigenvalue weighted by Gasteiger charge is 2.39. The van der Waals surface area contributed by atoms with Crippen LogP contribution in [0.1, 0.15) is 44.7 Å². The molecule has 0 aromatic heterocycles. The van der Waals surface area contributed by atoms with Crippen LogP contribution in [0.15, 0.2) is 24.3 Å². The number of aryl methyl sites for hydroxylation is 1. The first-order valence-electron chi connectivity index (χ1n) is 10.3. The van der Waals surface area contributed by atoms with E-state index >= 15 is 0 Å². The Morgan fingerprint density at radius 3 is 2.39 bits per heavy atom. The van der Waals surface area contributed by atoms with Crippen molar-refractivity contribution in [1.29, 1.82) is 0 Å². The van der Waals surface area contributed by atoms with Gasteiger partial charge < -0.3 is 9.64 Å². The average molecular weight is 388 g/mol. The first-order valence-corrected chi connectivity index (χ1v) is 10.3. The maximum absolute atomic E-state index is 13.1. The molecule has 1 atom stereocenters. The van der Waals surface area contributed by atoms with Gasteiger partial charge in [-0.25, -0.2) is 4.79 Å². The summed E-state index contributed by atoms with van der Waals surface area (Å²) < 4.78 is 5.49. The maximum Gasteiger partial charge on any atom is 0.410 e. The molecule has 6 nitrogen and oxygen atoms in total. The van der Waals surface area contributed by atoms with E-state index < -0.39 is 5.60 Å². The molecule has 2 fully saturated rings. The quantitative estimate of drug-likeness (QED) is 0.800. The Labute approximate surface area is 168 Å². The van der Waals surface area contributed by atoms with Crippen LogP contribution in [0.4, 0.5) is 4.79 Å². The van der Waals surface area contributed by atoms with Crippen LogP contribution in [-0.2, 0) is 16.1 Å². The third-order valence-corrected chi connectivity index (χ3v) is 5.51. The lowest BCUT2D eigenvalue weighted by molar-refractivity contribution is -0.137. The van der Waals surface area contributed by atoms with Gasteiger partial charge in [-0.15, -0.1) is 0 Å². The number of hydrogen-bond acceptors (Lipinski definition) is 4. The van der Waals surface area contributed by atoms with Crippen molar-refractivity contribution in [3.8, 4) is 0 Å². The van der Waals surface area contributed by atoms with Crippen LogP contribution in [0.25, 0.3) is 0 Å². The van der Waals surface area contributed by atoms with Crippen LogP contribution < -0.4 is 0 Å². The van der Waals surface area contributed by atoms with E-state index in [1.807, 2.05) is 25.7 Å². The van der Waals surface area contributed by atoms with Crippen molar-refractivity contribution < 1.29 is 14.3 Å². The molecule has 1 aromatic carbocycles. The lowest BCUT2D eigenvalue weighted by Crippen LogP contribution is -2.54. The van der Waals surface area contributed by atoms with Gasteiger partial charge in [-0.1, -0.05) is 24.3 Å². The zero-order chi connectivity index (χ0) is 20.3. The highest BCUT2D eigenvalue weighted by atomic mass is 16.6. The van der Waals surface area contributed by atoms with Crippen LogP contribution in [0.3, 0.4) is 0 Å². The smallest absolute Gasteiger partial charge is 0.410 e. The summed E-state index contributed by atoms with van der Waals surface area (Å²) in [6, 6.07) is 8.07. The molecule has 1 aromatic rings. The largest absolute Gasteiger partial charge is 0.444 e. The number of amides is 2. The predicted molar refractivity (Wildman–Crippen MR) is 109 cm³/mol. The molecular weight excluding hydrogens is 354 g/mol. The zero-order valence-corrected chi connectivity index (χ0v) is 17.6. The van der Waals surface area contributed by atoms with Gasteiger partial charge in [0.05, 0.1) is 0 Å². The molecule has 2 saturated heterocycles. The van der Waals surface area contributed by atoms with Crippen molar-refractivity contribution in [3.63, 3.8) is 0 Å². The van der Waals surface area contributed by atoms with E-state index in [2.05, 4.69) is 36.1 Å². The zero-order valence-electron chi connectivity index (χ0n) is 17.6. The molecule has 0 saturated carbocycles. The van der Waals surface area contributed by atoms with Gasteiger partial charge in [0.15, 0.2) is 0 Å². The van der Waals surface area contributed by atoms with Gasteiger partial charge in [0.2, 0.25) is 5.91 Å². The Morgan fingerprint density at radius 2 is 1.75 bits per heavy atom. The Balaban J connectivity index is 1.54. The van der Waals surface area contributed by atoms with Crippen molar-refractivity contribution in [1.82, 2.24) is 14.7 Å². The number of likely N-dealkylation sites (tertiary alicyclic amines) is 1. The molecule has 0 radical (unpaired) electrons. The Morgan fingerprint density at radius 1 is 1.07 bits per heavy atom. The number of hydrogen-bond donors (Lipinski definition) is 0. The molecule has 0 bridgehead atoms. The van der Waals surface area contributed by atoms with Gasteiger partial charge in [-0.2, -0.15) is 0 Å². The summed E-state index contributed by atoms with van der Waals surface area (Å²) in [5, 5.41) is 0. The normalized spacial score (nSPS) is 21.1. The molecule has 0 N–H and O–H groups in total. The number of nitrogens with zero attached hydrogens (tertiary/aromatic N) is 3. The molecule has 28 heavy (non-hydrogen) atoms. The number of benzene rings is 1. The lowest BCUT2D eigenvalue weighted by Gasteiger charge is -2.37. The summed E-state index contributed by atoms with van der Waals surface area (Å²) >= 11 is 0. The second-order valence-corrected chi connectivity index (χ2v) is 8.86. The minimum absolute atomic E-state index is 0.0684. The SMILES string of the molecule is Cc1ccccc1CN1CCN(C(=O)[C@@H]2CCCN2C(=O)OC(C)(C)C)CC1. The Hall–Kier alpha value is -2.08. The number of carbonyl (C=O) groups excluding carboxylic acids is 2. The minimum Gasteiger partial charge on any atom is -0.444 e. The fourth-order valence-corrected chi connectivity index (χ4v) is 3.93. The van der Waals surface area contributed by atoms with E-state index in [9.17, 15) is 9.59 Å². The topological polar surface area (TPSA) is 53.1 Å². The van der Waals surface area contributed by atoms with Crippen molar-refractivity contribution in [2.24, 2.45) is 0 Å². The molecule has 0 unspecified atom stereocenters. The molecule has 2 aliphatic heterocycles. The number of rotatable bonds is 3. The third-order valence-electron chi connectivity index (χ3n) is 5.51. The summed E-state index contributed by atoms with van der Waals surface area (Å²) in [4.78, 5) is 31.5. The van der Waals surface area contributed by atoms with Crippen molar-refractivity contribution in [2.75, 3.05) is 32.7 Å². The number of ether oxygens (including phenoxy) is 1. The Bertz CT molecular complexity index is 705. The van der Waals surface area contributed by atoms with Crippen LogP contribution in [0.2, 0.25) is 0 Å². The van der Waals surface area contributed by atoms with Crippen LogP contribution in [0, 0.1) is 6.92 Å². The molecule has 6 heteroatoms. The van der Waals surface area contributed by atoms with E-state index in [1.54, 1.807) is 4.90 Å². The first-order chi connectivity index (χ1) is 13.2. The fraction of sp³-hybridized carbons (Fsp3) is 0.636.